The van der Waals surface area contributed by atoms with Crippen LogP contribution >= 0.6 is 0 Å². The summed E-state index contributed by atoms with van der Waals surface area (Å²) in [7, 11) is 0. The maximum Gasteiger partial charge on any atom is 0.433 e. The van der Waals surface area contributed by atoms with Gasteiger partial charge in [-0.3, -0.25) is 0 Å². The molecule has 11 heteroatoms. The van der Waals surface area contributed by atoms with Gasteiger partial charge in [-0.1, -0.05) is 5.21 Å². The first-order chi connectivity index (χ1) is 13.8. The molecular formula is C18H13F3N6O2. The molecule has 0 spiro atoms. The maximum atomic E-state index is 13.2. The van der Waals surface area contributed by atoms with E-state index >= 15 is 0 Å². The average molecular weight is 402 g/mol. The minimum Gasteiger partial charge on any atom is -0.478 e. The van der Waals surface area contributed by atoms with Crippen LogP contribution in [-0.2, 0) is 11.0 Å². The first kappa shape index (κ1) is 18.7. The number of carboxylic acids is 1. The normalized spacial score (nSPS) is 14.8. The van der Waals surface area contributed by atoms with Gasteiger partial charge in [-0.25, -0.2) is 24.4 Å². The molecule has 3 heterocycles. The van der Waals surface area contributed by atoms with E-state index in [-0.39, 0.29) is 28.3 Å². The van der Waals surface area contributed by atoms with Crippen molar-refractivity contribution in [1.29, 1.82) is 0 Å². The van der Waals surface area contributed by atoms with Crippen molar-refractivity contribution < 1.29 is 23.1 Å². The Bertz CT molecular complexity index is 1090. The molecule has 1 saturated carbocycles. The molecule has 0 unspecified atom stereocenters. The van der Waals surface area contributed by atoms with Gasteiger partial charge in [0.25, 0.3) is 0 Å². The number of pyridine rings is 1. The Morgan fingerprint density at radius 3 is 2.55 bits per heavy atom. The summed E-state index contributed by atoms with van der Waals surface area (Å²) >= 11 is 0. The quantitative estimate of drug-likeness (QED) is 0.654. The molecule has 1 aliphatic carbocycles. The van der Waals surface area contributed by atoms with Gasteiger partial charge in [-0.2, -0.15) is 13.2 Å². The zero-order chi connectivity index (χ0) is 20.6. The zero-order valence-corrected chi connectivity index (χ0v) is 14.7. The summed E-state index contributed by atoms with van der Waals surface area (Å²) in [4.78, 5) is 22.8. The third kappa shape index (κ3) is 4.13. The van der Waals surface area contributed by atoms with Gasteiger partial charge in [-0.05, 0) is 25.0 Å². The molecule has 0 aliphatic heterocycles. The molecular weight excluding hydrogens is 389 g/mol. The van der Waals surface area contributed by atoms with Crippen molar-refractivity contribution >= 4 is 17.7 Å². The fourth-order valence-electron chi connectivity index (χ4n) is 2.73. The van der Waals surface area contributed by atoms with Crippen molar-refractivity contribution in [1.82, 2.24) is 29.9 Å². The highest BCUT2D eigenvalue weighted by Crippen LogP contribution is 2.41. The van der Waals surface area contributed by atoms with E-state index in [1.54, 1.807) is 6.07 Å². The molecule has 0 amide bonds. The van der Waals surface area contributed by atoms with Gasteiger partial charge >= 0.3 is 12.1 Å². The number of halogens is 3. The highest BCUT2D eigenvalue weighted by molar-refractivity contribution is 6.19. The minimum absolute atomic E-state index is 0.0164. The van der Waals surface area contributed by atoms with Crippen LogP contribution in [0, 0.1) is 0 Å². The van der Waals surface area contributed by atoms with Gasteiger partial charge in [0.1, 0.15) is 17.7 Å². The fraction of sp³-hybridized carbons (Fsp3) is 0.222. The van der Waals surface area contributed by atoms with Crippen LogP contribution in [0.5, 0.6) is 0 Å². The Kier molecular flexibility index (Phi) is 4.57. The predicted octanol–water partition coefficient (Wildman–Crippen LogP) is 3.11. The first-order valence-electron chi connectivity index (χ1n) is 8.53. The summed E-state index contributed by atoms with van der Waals surface area (Å²) in [6.07, 6.45) is 3.45. The number of hydrogen-bond acceptors (Lipinski definition) is 6. The van der Waals surface area contributed by atoms with E-state index in [0.717, 1.165) is 23.6 Å². The Morgan fingerprint density at radius 1 is 1.21 bits per heavy atom. The topological polar surface area (TPSA) is 107 Å². The summed E-state index contributed by atoms with van der Waals surface area (Å²) in [5, 5.41) is 17.1. The van der Waals surface area contributed by atoms with Gasteiger partial charge in [0.15, 0.2) is 0 Å². The lowest BCUT2D eigenvalue weighted by atomic mass is 10.1. The lowest BCUT2D eigenvalue weighted by Crippen LogP contribution is -2.09. The second kappa shape index (κ2) is 7.08. The lowest BCUT2D eigenvalue weighted by Gasteiger charge is -2.09. The molecule has 1 aliphatic rings. The van der Waals surface area contributed by atoms with E-state index in [0.29, 0.717) is 5.69 Å². The number of aromatic nitrogens is 6. The number of aliphatic carboxylic acids is 1. The van der Waals surface area contributed by atoms with E-state index in [2.05, 4.69) is 25.3 Å². The first-order valence-corrected chi connectivity index (χ1v) is 8.53. The number of nitrogens with zero attached hydrogens (tertiary/aromatic N) is 6. The van der Waals surface area contributed by atoms with E-state index in [4.69, 9.17) is 0 Å². The number of alkyl halides is 3. The molecule has 0 bridgehead atoms. The molecule has 0 radical (unpaired) electrons. The molecule has 1 fully saturated rings. The minimum atomic E-state index is -4.58. The second-order valence-corrected chi connectivity index (χ2v) is 6.50. The third-order valence-corrected chi connectivity index (χ3v) is 4.30. The van der Waals surface area contributed by atoms with Crippen molar-refractivity contribution in [3.8, 4) is 11.3 Å². The van der Waals surface area contributed by atoms with Crippen molar-refractivity contribution in [3.63, 3.8) is 0 Å². The monoisotopic (exact) mass is 402 g/mol. The van der Waals surface area contributed by atoms with Gasteiger partial charge < -0.3 is 5.11 Å². The van der Waals surface area contributed by atoms with E-state index in [1.165, 1.54) is 31.1 Å². The second-order valence-electron chi connectivity index (χ2n) is 6.50. The highest BCUT2D eigenvalue weighted by Gasteiger charge is 2.35. The summed E-state index contributed by atoms with van der Waals surface area (Å²) in [5.41, 5.74) is -0.135. The molecule has 8 nitrogen and oxygen atoms in total. The molecule has 3 aromatic heterocycles. The van der Waals surface area contributed by atoms with Gasteiger partial charge in [-0.15, -0.1) is 5.10 Å². The van der Waals surface area contributed by atoms with E-state index in [9.17, 15) is 23.1 Å². The van der Waals surface area contributed by atoms with Crippen LogP contribution < -0.4 is 0 Å². The number of carboxylic acid groups (broad SMARTS) is 1. The van der Waals surface area contributed by atoms with Gasteiger partial charge in [0.2, 0.25) is 0 Å². The highest BCUT2D eigenvalue weighted by atomic mass is 19.4. The van der Waals surface area contributed by atoms with Crippen LogP contribution in [0.3, 0.4) is 0 Å². The predicted molar refractivity (Wildman–Crippen MR) is 94.1 cm³/mol. The molecule has 4 rings (SSSR count). The molecule has 29 heavy (non-hydrogen) atoms. The van der Waals surface area contributed by atoms with Gasteiger partial charge in [0, 0.05) is 41.3 Å². The molecule has 0 atom stereocenters. The summed E-state index contributed by atoms with van der Waals surface area (Å²) < 4.78 is 40.8. The van der Waals surface area contributed by atoms with Crippen molar-refractivity contribution in [2.24, 2.45) is 0 Å². The molecule has 148 valence electrons. The maximum absolute atomic E-state index is 13.2. The Morgan fingerprint density at radius 2 is 1.93 bits per heavy atom. The fourth-order valence-corrected chi connectivity index (χ4v) is 2.73. The average Bonchev–Trinajstić information content (AvgIpc) is 3.44. The van der Waals surface area contributed by atoms with Crippen LogP contribution in [0.2, 0.25) is 0 Å². The summed E-state index contributed by atoms with van der Waals surface area (Å²) in [6, 6.07) is 2.47. The smallest absolute Gasteiger partial charge is 0.433 e. The Labute approximate surface area is 161 Å². The number of rotatable bonds is 5. The molecule has 0 aromatic carbocycles. The number of carbonyl (C=O) groups is 1. The third-order valence-electron chi connectivity index (χ3n) is 4.30. The Balaban J connectivity index is 1.72. The van der Waals surface area contributed by atoms with Gasteiger partial charge in [0.05, 0.1) is 11.8 Å². The zero-order valence-electron chi connectivity index (χ0n) is 14.7. The van der Waals surface area contributed by atoms with Crippen LogP contribution in [-0.4, -0.2) is 41.0 Å². The molecule has 0 saturated heterocycles. The van der Waals surface area contributed by atoms with E-state index < -0.39 is 17.8 Å². The van der Waals surface area contributed by atoms with Crippen molar-refractivity contribution in [3.05, 3.63) is 54.0 Å². The van der Waals surface area contributed by atoms with E-state index in [1.807, 2.05) is 0 Å². The largest absolute Gasteiger partial charge is 0.478 e. The van der Waals surface area contributed by atoms with Crippen LogP contribution in [0.4, 0.5) is 13.2 Å². The molecule has 3 aromatic rings. The van der Waals surface area contributed by atoms with Crippen LogP contribution in [0.25, 0.3) is 23.0 Å². The molecule has 1 N–H and O–H groups in total. The van der Waals surface area contributed by atoms with Crippen molar-refractivity contribution in [2.45, 2.75) is 24.9 Å². The Hall–Kier alpha value is -3.63. The SMILES string of the molecule is O=C(O)/C(=C/n1cc(-c2cc(C3CC3)nc(C(F)(F)F)c2)nn1)c1cncnc1. The summed E-state index contributed by atoms with van der Waals surface area (Å²) in [6.45, 7) is 0. The summed E-state index contributed by atoms with van der Waals surface area (Å²) in [5.74, 6) is -1.22. The van der Waals surface area contributed by atoms with Crippen LogP contribution in [0.1, 0.15) is 35.7 Å². The lowest BCUT2D eigenvalue weighted by molar-refractivity contribution is -0.141. The van der Waals surface area contributed by atoms with Crippen LogP contribution in [0.15, 0.2) is 37.1 Å². The van der Waals surface area contributed by atoms with Crippen molar-refractivity contribution in [2.75, 3.05) is 0 Å². The standard InChI is InChI=1S/C18H13F3N6O2/c19-18(20,21)16-4-11(3-14(24-16)10-1-2-10)15-8-27(26-25-15)7-13(17(28)29)12-5-22-9-23-6-12/h3-10H,1-2H2,(H,28,29)/b13-7+. The number of hydrogen-bond donors (Lipinski definition) is 1.